The second-order valence-electron chi connectivity index (χ2n) is 4.11. The van der Waals surface area contributed by atoms with Gasteiger partial charge in [-0.2, -0.15) is 5.10 Å². The molecule has 2 aromatic heterocycles. The molecule has 0 saturated carbocycles. The molecule has 0 aliphatic rings. The van der Waals surface area contributed by atoms with Gasteiger partial charge in [-0.15, -0.1) is 0 Å². The molecule has 0 bridgehead atoms. The highest BCUT2D eigenvalue weighted by Gasteiger charge is 2.14. The highest BCUT2D eigenvalue weighted by molar-refractivity contribution is 5.95. The van der Waals surface area contributed by atoms with E-state index in [1.54, 1.807) is 10.9 Å². The molecule has 0 aliphatic carbocycles. The van der Waals surface area contributed by atoms with E-state index >= 15 is 0 Å². The summed E-state index contributed by atoms with van der Waals surface area (Å²) in [6, 6.07) is 7.49. The lowest BCUT2D eigenvalue weighted by Crippen LogP contribution is -2.12. The summed E-state index contributed by atoms with van der Waals surface area (Å²) in [5, 5.41) is 4.39. The van der Waals surface area contributed by atoms with Gasteiger partial charge in [0.25, 0.3) is 0 Å². The lowest BCUT2D eigenvalue weighted by Gasteiger charge is -2.03. The Kier molecular flexibility index (Phi) is 3.87. The number of aryl methyl sites for hydroxylation is 2. The molecule has 0 atom stereocenters. The number of ketones is 1. The van der Waals surface area contributed by atoms with Gasteiger partial charge in [0.15, 0.2) is 5.78 Å². The van der Waals surface area contributed by atoms with Crippen LogP contribution in [0.15, 0.2) is 30.5 Å². The largest absolute Gasteiger partial charge is 0.292 e. The van der Waals surface area contributed by atoms with Crippen LogP contribution in [0.1, 0.15) is 35.7 Å². The Bertz CT molecular complexity index is 531. The second-order valence-corrected chi connectivity index (χ2v) is 4.11. The Morgan fingerprint density at radius 1 is 1.28 bits per heavy atom. The van der Waals surface area contributed by atoms with Gasteiger partial charge in [0.2, 0.25) is 0 Å². The molecule has 2 rings (SSSR count). The van der Waals surface area contributed by atoms with E-state index in [-0.39, 0.29) is 5.78 Å². The number of hydrogen-bond donors (Lipinski definition) is 0. The van der Waals surface area contributed by atoms with Gasteiger partial charge in [-0.25, -0.2) is 0 Å². The van der Waals surface area contributed by atoms with E-state index in [9.17, 15) is 4.79 Å². The molecule has 4 nitrogen and oxygen atoms in total. The molecule has 2 heterocycles. The number of pyridine rings is 1. The van der Waals surface area contributed by atoms with E-state index in [4.69, 9.17) is 0 Å². The maximum Gasteiger partial charge on any atom is 0.186 e. The van der Waals surface area contributed by atoms with Gasteiger partial charge < -0.3 is 0 Å². The number of nitrogens with zero attached hydrogens (tertiary/aromatic N) is 3. The standard InChI is InChI=1S/C14H17N3O/c1-3-11-9-13(17(4-2)16-11)14(18)10-12-7-5-6-8-15-12/h5-9H,3-4,10H2,1-2H3. The minimum absolute atomic E-state index is 0.0720. The zero-order valence-electron chi connectivity index (χ0n) is 10.8. The first kappa shape index (κ1) is 12.5. The number of carbonyl (C=O) groups is 1. The molecule has 0 aliphatic heterocycles. The quantitative estimate of drug-likeness (QED) is 0.757. The molecule has 0 unspecified atom stereocenters. The number of Topliss-reactive ketones (excluding diaryl/α,β-unsaturated/α-hetero) is 1. The van der Waals surface area contributed by atoms with Crippen LogP contribution in [0.25, 0.3) is 0 Å². The van der Waals surface area contributed by atoms with E-state index in [1.807, 2.05) is 38.1 Å². The zero-order chi connectivity index (χ0) is 13.0. The van der Waals surface area contributed by atoms with E-state index in [0.29, 0.717) is 18.7 Å². The third kappa shape index (κ3) is 2.64. The van der Waals surface area contributed by atoms with Crippen LogP contribution in [-0.2, 0) is 19.4 Å². The van der Waals surface area contributed by atoms with Crippen molar-refractivity contribution in [1.82, 2.24) is 14.8 Å². The normalized spacial score (nSPS) is 10.6. The molecule has 0 fully saturated rings. The maximum atomic E-state index is 12.2. The molecule has 94 valence electrons. The second kappa shape index (κ2) is 5.58. The summed E-state index contributed by atoms with van der Waals surface area (Å²) in [7, 11) is 0. The van der Waals surface area contributed by atoms with E-state index in [0.717, 1.165) is 17.8 Å². The van der Waals surface area contributed by atoms with Gasteiger partial charge in [-0.3, -0.25) is 14.5 Å². The van der Waals surface area contributed by atoms with Gasteiger partial charge in [-0.1, -0.05) is 13.0 Å². The first-order valence-electron chi connectivity index (χ1n) is 6.24. The van der Waals surface area contributed by atoms with Crippen LogP contribution in [0.4, 0.5) is 0 Å². The summed E-state index contributed by atoms with van der Waals surface area (Å²) in [5.41, 5.74) is 2.44. The highest BCUT2D eigenvalue weighted by Crippen LogP contribution is 2.09. The summed E-state index contributed by atoms with van der Waals surface area (Å²) in [4.78, 5) is 16.4. The number of rotatable bonds is 5. The van der Waals surface area contributed by atoms with Gasteiger partial charge in [0.05, 0.1) is 12.1 Å². The van der Waals surface area contributed by atoms with Crippen molar-refractivity contribution in [3.05, 3.63) is 47.5 Å². The predicted molar refractivity (Wildman–Crippen MR) is 69.6 cm³/mol. The lowest BCUT2D eigenvalue weighted by atomic mass is 10.1. The van der Waals surface area contributed by atoms with Gasteiger partial charge in [0.1, 0.15) is 5.69 Å². The Labute approximate surface area is 107 Å². The number of aromatic nitrogens is 3. The van der Waals surface area contributed by atoms with Crippen LogP contribution in [0.5, 0.6) is 0 Å². The predicted octanol–water partition coefficient (Wildman–Crippen LogP) is 2.29. The maximum absolute atomic E-state index is 12.2. The first-order valence-corrected chi connectivity index (χ1v) is 6.24. The van der Waals surface area contributed by atoms with Crippen molar-refractivity contribution >= 4 is 5.78 Å². The van der Waals surface area contributed by atoms with Crippen molar-refractivity contribution in [2.24, 2.45) is 0 Å². The van der Waals surface area contributed by atoms with Gasteiger partial charge in [-0.05, 0) is 31.5 Å². The molecule has 0 N–H and O–H groups in total. The molecule has 4 heteroatoms. The van der Waals surface area contributed by atoms with Crippen LogP contribution in [0.2, 0.25) is 0 Å². The van der Waals surface area contributed by atoms with Crippen LogP contribution in [-0.4, -0.2) is 20.5 Å². The first-order chi connectivity index (χ1) is 8.74. The SMILES string of the molecule is CCc1cc(C(=O)Cc2ccccn2)n(CC)n1. The Morgan fingerprint density at radius 3 is 2.72 bits per heavy atom. The summed E-state index contributed by atoms with van der Waals surface area (Å²) in [6.45, 7) is 4.74. The summed E-state index contributed by atoms with van der Waals surface area (Å²) >= 11 is 0. The van der Waals surface area contributed by atoms with Crippen LogP contribution in [0.3, 0.4) is 0 Å². The molecule has 0 spiro atoms. The van der Waals surface area contributed by atoms with Crippen molar-refractivity contribution in [3.63, 3.8) is 0 Å². The number of carbonyl (C=O) groups excluding carboxylic acids is 1. The van der Waals surface area contributed by atoms with Crippen molar-refractivity contribution in [3.8, 4) is 0 Å². The van der Waals surface area contributed by atoms with Crippen molar-refractivity contribution < 1.29 is 4.79 Å². The Hall–Kier alpha value is -1.97. The topological polar surface area (TPSA) is 47.8 Å². The van der Waals surface area contributed by atoms with Crippen LogP contribution < -0.4 is 0 Å². The van der Waals surface area contributed by atoms with E-state index in [2.05, 4.69) is 10.1 Å². The van der Waals surface area contributed by atoms with Gasteiger partial charge >= 0.3 is 0 Å². The van der Waals surface area contributed by atoms with Crippen LogP contribution in [0, 0.1) is 0 Å². The molecular formula is C14H17N3O. The minimum atomic E-state index is 0.0720. The summed E-state index contributed by atoms with van der Waals surface area (Å²) in [6.07, 6.45) is 2.88. The molecule has 0 saturated heterocycles. The molecule has 0 radical (unpaired) electrons. The average molecular weight is 243 g/mol. The fourth-order valence-corrected chi connectivity index (χ4v) is 1.87. The third-order valence-electron chi connectivity index (χ3n) is 2.85. The summed E-state index contributed by atoms with van der Waals surface area (Å²) < 4.78 is 1.77. The third-order valence-corrected chi connectivity index (χ3v) is 2.85. The molecule has 0 aromatic carbocycles. The van der Waals surface area contributed by atoms with E-state index < -0.39 is 0 Å². The minimum Gasteiger partial charge on any atom is -0.292 e. The van der Waals surface area contributed by atoms with Crippen LogP contribution >= 0.6 is 0 Å². The summed E-state index contributed by atoms with van der Waals surface area (Å²) in [5.74, 6) is 0.0720. The molecular weight excluding hydrogens is 226 g/mol. The lowest BCUT2D eigenvalue weighted by molar-refractivity contribution is 0.0981. The molecule has 2 aromatic rings. The zero-order valence-corrected chi connectivity index (χ0v) is 10.8. The fourth-order valence-electron chi connectivity index (χ4n) is 1.87. The molecule has 0 amide bonds. The van der Waals surface area contributed by atoms with Gasteiger partial charge in [0, 0.05) is 18.4 Å². The highest BCUT2D eigenvalue weighted by atomic mass is 16.1. The van der Waals surface area contributed by atoms with Crippen molar-refractivity contribution in [1.29, 1.82) is 0 Å². The fraction of sp³-hybridized carbons (Fsp3) is 0.357. The Morgan fingerprint density at radius 2 is 2.11 bits per heavy atom. The number of hydrogen-bond acceptors (Lipinski definition) is 3. The van der Waals surface area contributed by atoms with E-state index in [1.165, 1.54) is 0 Å². The average Bonchev–Trinajstić information content (AvgIpc) is 2.83. The van der Waals surface area contributed by atoms with Crippen molar-refractivity contribution in [2.45, 2.75) is 33.2 Å². The Balaban J connectivity index is 2.20. The monoisotopic (exact) mass is 243 g/mol. The smallest absolute Gasteiger partial charge is 0.186 e. The van der Waals surface area contributed by atoms with Crippen molar-refractivity contribution in [2.75, 3.05) is 0 Å². The molecule has 18 heavy (non-hydrogen) atoms.